The fraction of sp³-hybridized carbons (Fsp3) is 0.688. The van der Waals surface area contributed by atoms with E-state index in [1.54, 1.807) is 0 Å². The minimum Gasteiger partial charge on any atom is -0.389 e. The first-order valence-corrected chi connectivity index (χ1v) is 7.75. The van der Waals surface area contributed by atoms with Crippen molar-refractivity contribution in [2.45, 2.75) is 38.3 Å². The molecular formula is C16H25N3O. The van der Waals surface area contributed by atoms with E-state index < -0.39 is 6.10 Å². The van der Waals surface area contributed by atoms with Crippen molar-refractivity contribution >= 4 is 5.82 Å². The molecule has 0 amide bonds. The third kappa shape index (κ3) is 2.54. The van der Waals surface area contributed by atoms with E-state index in [2.05, 4.69) is 21.8 Å². The Hall–Kier alpha value is -1.13. The van der Waals surface area contributed by atoms with Crippen molar-refractivity contribution in [3.05, 3.63) is 23.9 Å². The van der Waals surface area contributed by atoms with Gasteiger partial charge in [-0.15, -0.1) is 0 Å². The molecule has 0 aliphatic carbocycles. The molecule has 4 heteroatoms. The number of aliphatic hydroxyl groups is 1. The average molecular weight is 275 g/mol. The molecule has 3 rings (SSSR count). The second kappa shape index (κ2) is 5.70. The highest BCUT2D eigenvalue weighted by Gasteiger charge is 2.35. The van der Waals surface area contributed by atoms with Crippen LogP contribution in [0.1, 0.15) is 37.9 Å². The van der Waals surface area contributed by atoms with Gasteiger partial charge in [0, 0.05) is 30.9 Å². The van der Waals surface area contributed by atoms with E-state index in [1.807, 2.05) is 25.3 Å². The predicted octanol–water partition coefficient (Wildman–Crippen LogP) is 2.06. The molecule has 2 aliphatic heterocycles. The van der Waals surface area contributed by atoms with E-state index >= 15 is 0 Å². The van der Waals surface area contributed by atoms with Crippen LogP contribution in [0.15, 0.2) is 18.3 Å². The maximum atomic E-state index is 9.93. The summed E-state index contributed by atoms with van der Waals surface area (Å²) < 4.78 is 0. The van der Waals surface area contributed by atoms with Crippen molar-refractivity contribution in [1.29, 1.82) is 0 Å². The lowest BCUT2D eigenvalue weighted by atomic mass is 9.84. The van der Waals surface area contributed by atoms with Gasteiger partial charge in [-0.3, -0.25) is 0 Å². The van der Waals surface area contributed by atoms with Gasteiger partial charge in [0.15, 0.2) is 0 Å². The number of fused-ring (bicyclic) bond motifs is 1. The number of nitrogens with zero attached hydrogens (tertiary/aromatic N) is 3. The summed E-state index contributed by atoms with van der Waals surface area (Å²) >= 11 is 0. The molecule has 110 valence electrons. The van der Waals surface area contributed by atoms with Crippen molar-refractivity contribution in [3.63, 3.8) is 0 Å². The summed E-state index contributed by atoms with van der Waals surface area (Å²) in [6, 6.07) is 4.64. The van der Waals surface area contributed by atoms with Crippen LogP contribution in [-0.2, 0) is 0 Å². The van der Waals surface area contributed by atoms with Crippen molar-refractivity contribution in [3.8, 4) is 0 Å². The third-order valence-electron chi connectivity index (χ3n) is 4.91. The molecule has 3 heterocycles. The lowest BCUT2D eigenvalue weighted by Crippen LogP contribution is -2.53. The SMILES string of the molecule is C[C@H](O)c1cccnc1N1CCC2C(CCCN2C)C1. The second-order valence-electron chi connectivity index (χ2n) is 6.28. The number of rotatable bonds is 2. The van der Waals surface area contributed by atoms with Gasteiger partial charge in [0.05, 0.1) is 6.10 Å². The Labute approximate surface area is 121 Å². The fourth-order valence-corrected chi connectivity index (χ4v) is 3.84. The molecule has 20 heavy (non-hydrogen) atoms. The molecule has 0 aromatic carbocycles. The molecular weight excluding hydrogens is 250 g/mol. The number of likely N-dealkylation sites (tertiary alicyclic amines) is 1. The molecule has 0 spiro atoms. The van der Waals surface area contributed by atoms with Gasteiger partial charge in [-0.25, -0.2) is 4.98 Å². The van der Waals surface area contributed by atoms with Gasteiger partial charge < -0.3 is 14.9 Å². The Morgan fingerprint density at radius 1 is 1.35 bits per heavy atom. The van der Waals surface area contributed by atoms with Crippen LogP contribution in [0.4, 0.5) is 5.82 Å². The molecule has 1 aromatic heterocycles. The van der Waals surface area contributed by atoms with Crippen molar-refractivity contribution in [1.82, 2.24) is 9.88 Å². The third-order valence-corrected chi connectivity index (χ3v) is 4.91. The zero-order valence-electron chi connectivity index (χ0n) is 12.5. The van der Waals surface area contributed by atoms with Gasteiger partial charge in [0.2, 0.25) is 0 Å². The van der Waals surface area contributed by atoms with Crippen LogP contribution < -0.4 is 4.90 Å². The summed E-state index contributed by atoms with van der Waals surface area (Å²) in [5, 5.41) is 9.93. The number of aliphatic hydroxyl groups excluding tert-OH is 1. The van der Waals surface area contributed by atoms with E-state index in [1.165, 1.54) is 25.8 Å². The van der Waals surface area contributed by atoms with E-state index in [-0.39, 0.29) is 0 Å². The van der Waals surface area contributed by atoms with Gasteiger partial charge in [-0.1, -0.05) is 6.07 Å². The summed E-state index contributed by atoms with van der Waals surface area (Å²) in [4.78, 5) is 9.44. The molecule has 2 aliphatic rings. The van der Waals surface area contributed by atoms with Gasteiger partial charge >= 0.3 is 0 Å². The standard InChI is InChI=1S/C16H25N3O/c1-12(20)14-6-3-8-17-16(14)19-10-7-15-13(11-19)5-4-9-18(15)2/h3,6,8,12-13,15,20H,4-5,7,9-11H2,1-2H3/t12-,13?,15?/m0/s1. The van der Waals surface area contributed by atoms with Crippen molar-refractivity contribution in [2.75, 3.05) is 31.6 Å². The number of hydrogen-bond acceptors (Lipinski definition) is 4. The summed E-state index contributed by atoms with van der Waals surface area (Å²) in [5.41, 5.74) is 0.954. The molecule has 0 radical (unpaired) electrons. The van der Waals surface area contributed by atoms with E-state index in [0.717, 1.165) is 36.4 Å². The molecule has 2 fully saturated rings. The first kappa shape index (κ1) is 13.8. The Morgan fingerprint density at radius 2 is 2.20 bits per heavy atom. The largest absolute Gasteiger partial charge is 0.389 e. The Balaban J connectivity index is 1.79. The smallest absolute Gasteiger partial charge is 0.134 e. The molecule has 1 aromatic rings. The highest BCUT2D eigenvalue weighted by Crippen LogP contribution is 2.33. The van der Waals surface area contributed by atoms with Crippen LogP contribution >= 0.6 is 0 Å². The Kier molecular flexibility index (Phi) is 3.94. The van der Waals surface area contributed by atoms with Crippen molar-refractivity contribution in [2.24, 2.45) is 5.92 Å². The van der Waals surface area contributed by atoms with Gasteiger partial charge in [-0.2, -0.15) is 0 Å². The number of anilines is 1. The molecule has 1 N–H and O–H groups in total. The van der Waals surface area contributed by atoms with Gasteiger partial charge in [-0.05, 0) is 51.8 Å². The minimum atomic E-state index is -0.453. The molecule has 3 atom stereocenters. The van der Waals surface area contributed by atoms with Crippen LogP contribution in [0, 0.1) is 5.92 Å². The van der Waals surface area contributed by atoms with Crippen LogP contribution in [-0.4, -0.2) is 47.7 Å². The number of piperidine rings is 2. The van der Waals surface area contributed by atoms with Crippen LogP contribution in [0.2, 0.25) is 0 Å². The van der Waals surface area contributed by atoms with Crippen LogP contribution in [0.25, 0.3) is 0 Å². The monoisotopic (exact) mass is 275 g/mol. The second-order valence-corrected chi connectivity index (χ2v) is 6.28. The minimum absolute atomic E-state index is 0.453. The van der Waals surface area contributed by atoms with Gasteiger partial charge in [0.1, 0.15) is 5.82 Å². The first-order chi connectivity index (χ1) is 9.66. The highest BCUT2D eigenvalue weighted by molar-refractivity contribution is 5.48. The molecule has 0 bridgehead atoms. The van der Waals surface area contributed by atoms with E-state index in [9.17, 15) is 5.11 Å². The summed E-state index contributed by atoms with van der Waals surface area (Å²) in [6.07, 6.45) is 5.21. The topological polar surface area (TPSA) is 39.6 Å². The van der Waals surface area contributed by atoms with Crippen LogP contribution in [0.5, 0.6) is 0 Å². The lowest BCUT2D eigenvalue weighted by Gasteiger charge is -2.46. The molecule has 2 unspecified atom stereocenters. The number of pyridine rings is 1. The van der Waals surface area contributed by atoms with Crippen LogP contribution in [0.3, 0.4) is 0 Å². The average Bonchev–Trinajstić information content (AvgIpc) is 2.47. The summed E-state index contributed by atoms with van der Waals surface area (Å²) in [5.74, 6) is 1.72. The number of aromatic nitrogens is 1. The number of hydrogen-bond donors (Lipinski definition) is 1. The maximum absolute atomic E-state index is 9.93. The zero-order chi connectivity index (χ0) is 14.1. The summed E-state index contributed by atoms with van der Waals surface area (Å²) in [6.45, 7) is 5.18. The van der Waals surface area contributed by atoms with E-state index in [4.69, 9.17) is 0 Å². The fourth-order valence-electron chi connectivity index (χ4n) is 3.84. The molecule has 2 saturated heterocycles. The normalized spacial score (nSPS) is 29.1. The Morgan fingerprint density at radius 3 is 3.00 bits per heavy atom. The quantitative estimate of drug-likeness (QED) is 0.897. The van der Waals surface area contributed by atoms with Crippen molar-refractivity contribution < 1.29 is 5.11 Å². The lowest BCUT2D eigenvalue weighted by molar-refractivity contribution is 0.102. The molecule has 0 saturated carbocycles. The summed E-state index contributed by atoms with van der Waals surface area (Å²) in [7, 11) is 2.26. The maximum Gasteiger partial charge on any atom is 0.134 e. The zero-order valence-corrected chi connectivity index (χ0v) is 12.5. The highest BCUT2D eigenvalue weighted by atomic mass is 16.3. The predicted molar refractivity (Wildman–Crippen MR) is 80.8 cm³/mol. The molecule has 4 nitrogen and oxygen atoms in total. The first-order valence-electron chi connectivity index (χ1n) is 7.75. The Bertz CT molecular complexity index is 463. The van der Waals surface area contributed by atoms with E-state index in [0.29, 0.717) is 0 Å². The van der Waals surface area contributed by atoms with Gasteiger partial charge in [0.25, 0.3) is 0 Å².